The summed E-state index contributed by atoms with van der Waals surface area (Å²) in [7, 11) is 1.87. The van der Waals surface area contributed by atoms with Crippen molar-refractivity contribution in [1.82, 2.24) is 29.0 Å². The predicted molar refractivity (Wildman–Crippen MR) is 237 cm³/mol. The molecule has 1 aromatic heterocycles. The Kier molecular flexibility index (Phi) is 13.2. The van der Waals surface area contributed by atoms with E-state index in [0.29, 0.717) is 61.6 Å². The SMILES string of the molecule is CCN(C)SNc1ccc(F)c(Oc2ccc3ncn(C4CCC5(CCN(C(=O)CN6CCC(c7ccc(NC8CCC(=O)NC8=O)cc7F)CC6)CC5)C4)c(=O)c3c2Cl)c1C#N. The molecule has 8 rings (SSSR count). The van der Waals surface area contributed by atoms with Crippen LogP contribution < -0.4 is 25.7 Å². The van der Waals surface area contributed by atoms with Gasteiger partial charge in [-0.05, 0) is 125 Å². The van der Waals surface area contributed by atoms with Gasteiger partial charge in [0.2, 0.25) is 17.7 Å². The Hall–Kier alpha value is -5.28. The lowest BCUT2D eigenvalue weighted by molar-refractivity contribution is -0.135. The molecule has 0 radical (unpaired) electrons. The number of nitrogens with one attached hydrogen (secondary N) is 3. The first-order chi connectivity index (χ1) is 30.3. The molecule has 1 aliphatic carbocycles. The van der Waals surface area contributed by atoms with Gasteiger partial charge in [0.05, 0.1) is 34.5 Å². The molecule has 3 N–H and O–H groups in total. The van der Waals surface area contributed by atoms with Crippen LogP contribution in [0.25, 0.3) is 10.9 Å². The summed E-state index contributed by atoms with van der Waals surface area (Å²) in [5.74, 6) is -1.97. The van der Waals surface area contributed by atoms with Crippen LogP contribution in [0.15, 0.2) is 53.6 Å². The van der Waals surface area contributed by atoms with Crippen molar-refractivity contribution in [3.05, 3.63) is 86.9 Å². The molecule has 4 aromatic rings. The Balaban J connectivity index is 0.851. The Bertz CT molecular complexity index is 2520. The number of anilines is 2. The van der Waals surface area contributed by atoms with Gasteiger partial charge in [0, 0.05) is 49.9 Å². The Labute approximate surface area is 373 Å². The molecule has 4 aliphatic rings. The van der Waals surface area contributed by atoms with E-state index in [2.05, 4.69) is 25.2 Å². The van der Waals surface area contributed by atoms with Crippen LogP contribution in [-0.4, -0.2) is 93.7 Å². The predicted octanol–water partition coefficient (Wildman–Crippen LogP) is 7.35. The van der Waals surface area contributed by atoms with Gasteiger partial charge in [0.15, 0.2) is 11.6 Å². The van der Waals surface area contributed by atoms with Gasteiger partial charge in [-0.3, -0.25) is 34.0 Å². The fraction of sp³-hybridized carbons (Fsp3) is 0.467. The van der Waals surface area contributed by atoms with Crippen LogP contribution >= 0.6 is 23.7 Å². The van der Waals surface area contributed by atoms with Gasteiger partial charge in [-0.2, -0.15) is 5.26 Å². The molecule has 2 atom stereocenters. The summed E-state index contributed by atoms with van der Waals surface area (Å²) in [6.45, 7) is 5.64. The molecule has 2 unspecified atom stereocenters. The van der Waals surface area contributed by atoms with Gasteiger partial charge in [-0.1, -0.05) is 24.6 Å². The summed E-state index contributed by atoms with van der Waals surface area (Å²) in [4.78, 5) is 59.9. The highest BCUT2D eigenvalue weighted by atomic mass is 35.5. The largest absolute Gasteiger partial charge is 0.451 e. The van der Waals surface area contributed by atoms with Gasteiger partial charge >= 0.3 is 0 Å². The molecule has 1 saturated carbocycles. The van der Waals surface area contributed by atoms with E-state index in [-0.39, 0.29) is 74.5 Å². The first-order valence-electron chi connectivity index (χ1n) is 21.5. The second-order valence-electron chi connectivity index (χ2n) is 17.1. The van der Waals surface area contributed by atoms with Crippen LogP contribution in [0.5, 0.6) is 11.5 Å². The number of piperidine rings is 3. The maximum atomic E-state index is 15.3. The molecule has 1 spiro atoms. The van der Waals surface area contributed by atoms with Crippen LogP contribution in [-0.2, 0) is 14.4 Å². The number of likely N-dealkylation sites (tertiary alicyclic amines) is 2. The quantitative estimate of drug-likeness (QED) is 0.0959. The first kappa shape index (κ1) is 44.3. The minimum absolute atomic E-state index is 0.0194. The number of carbonyl (C=O) groups is 3. The van der Waals surface area contributed by atoms with E-state index in [0.717, 1.165) is 51.5 Å². The fourth-order valence-corrected chi connectivity index (χ4v) is 10.3. The Morgan fingerprint density at radius 3 is 2.54 bits per heavy atom. The summed E-state index contributed by atoms with van der Waals surface area (Å²) in [5.41, 5.74) is 1.47. The Morgan fingerprint density at radius 2 is 1.83 bits per heavy atom. The van der Waals surface area contributed by atoms with Crippen molar-refractivity contribution in [2.24, 2.45) is 5.41 Å². The average Bonchev–Trinajstić information content (AvgIpc) is 3.68. The van der Waals surface area contributed by atoms with Crippen molar-refractivity contribution >= 4 is 63.7 Å². The lowest BCUT2D eigenvalue weighted by atomic mass is 9.77. The van der Waals surface area contributed by atoms with E-state index in [1.54, 1.807) is 29.1 Å². The van der Waals surface area contributed by atoms with Crippen LogP contribution in [0.2, 0.25) is 5.02 Å². The minimum Gasteiger partial charge on any atom is -0.451 e. The molecule has 3 saturated heterocycles. The number of fused-ring (bicyclic) bond motifs is 1. The maximum absolute atomic E-state index is 15.3. The van der Waals surface area contributed by atoms with Crippen LogP contribution in [0.1, 0.15) is 87.8 Å². The third-order valence-corrected chi connectivity index (χ3v) is 14.5. The highest BCUT2D eigenvalue weighted by Gasteiger charge is 2.43. The van der Waals surface area contributed by atoms with E-state index < -0.39 is 17.8 Å². The summed E-state index contributed by atoms with van der Waals surface area (Å²) in [6.07, 6.45) is 7.69. The Morgan fingerprint density at radius 1 is 1.05 bits per heavy atom. The van der Waals surface area contributed by atoms with E-state index in [1.807, 2.05) is 29.2 Å². The van der Waals surface area contributed by atoms with Crippen LogP contribution in [0.4, 0.5) is 20.2 Å². The van der Waals surface area contributed by atoms with E-state index >= 15 is 8.78 Å². The van der Waals surface area contributed by atoms with E-state index in [1.165, 1.54) is 36.4 Å². The third kappa shape index (κ3) is 9.50. The number of halogens is 3. The first-order valence-corrected chi connectivity index (χ1v) is 22.6. The average molecular weight is 902 g/mol. The van der Waals surface area contributed by atoms with Crippen LogP contribution in [0.3, 0.4) is 0 Å². The number of hydrogen-bond donors (Lipinski definition) is 3. The molecule has 4 fully saturated rings. The molecule has 332 valence electrons. The number of benzene rings is 3. The molecule has 63 heavy (non-hydrogen) atoms. The zero-order valence-electron chi connectivity index (χ0n) is 35.2. The van der Waals surface area contributed by atoms with Crippen molar-refractivity contribution in [3.8, 4) is 17.6 Å². The van der Waals surface area contributed by atoms with Gasteiger partial charge in [-0.15, -0.1) is 0 Å². The summed E-state index contributed by atoms with van der Waals surface area (Å²) in [6, 6.07) is 12.0. The second kappa shape index (κ2) is 18.8. The third-order valence-electron chi connectivity index (χ3n) is 13.3. The van der Waals surface area contributed by atoms with Gasteiger partial charge in [-0.25, -0.2) is 18.1 Å². The minimum atomic E-state index is -0.753. The smallest absolute Gasteiger partial charge is 0.263 e. The van der Waals surface area contributed by atoms with Gasteiger partial charge in [0.25, 0.3) is 5.56 Å². The van der Waals surface area contributed by atoms with Crippen molar-refractivity contribution in [1.29, 1.82) is 5.26 Å². The molecular formula is C45H50ClF2N9O5S. The highest BCUT2D eigenvalue weighted by Crippen LogP contribution is 2.50. The number of nitrogens with zero attached hydrogens (tertiary/aromatic N) is 6. The van der Waals surface area contributed by atoms with Crippen molar-refractivity contribution < 1.29 is 27.9 Å². The van der Waals surface area contributed by atoms with Gasteiger partial charge < -0.3 is 19.7 Å². The number of imide groups is 1. The number of ether oxygens (including phenoxy) is 1. The normalized spacial score (nSPS) is 20.6. The summed E-state index contributed by atoms with van der Waals surface area (Å²) >= 11 is 8.09. The standard InChI is InChI=1S/C45H50ClF2N9O5S/c1-3-54(2)63-53-34-7-6-32(47)42(31(34)24-49)62-37-10-8-35-40(41(37)46)44(61)57(26-50-35)29-12-15-45(23-29)16-20-56(21-17-45)39(59)25-55-18-13-27(14-19-55)30-5-4-28(22-33(30)48)51-36-9-11-38(58)52-43(36)60/h4-8,10,22,26-27,29,36,51,53H,3,9,11-21,23,25H2,1-2H3,(H,52,58,60). The molecule has 14 nitrogen and oxygen atoms in total. The molecule has 3 aliphatic heterocycles. The number of carbonyl (C=O) groups excluding carboxylic acids is 3. The number of amides is 3. The number of aromatic nitrogens is 2. The second-order valence-corrected chi connectivity index (χ2v) is 18.5. The molecule has 3 amide bonds. The van der Waals surface area contributed by atoms with Crippen molar-refractivity contribution in [3.63, 3.8) is 0 Å². The zero-order valence-corrected chi connectivity index (χ0v) is 36.8. The van der Waals surface area contributed by atoms with E-state index in [4.69, 9.17) is 16.3 Å². The number of rotatable bonds is 12. The van der Waals surface area contributed by atoms with Crippen molar-refractivity contribution in [2.75, 3.05) is 56.4 Å². The molecule has 4 heterocycles. The molecule has 3 aromatic carbocycles. The van der Waals surface area contributed by atoms with Gasteiger partial charge in [0.1, 0.15) is 29.2 Å². The fourth-order valence-electron chi connectivity index (χ4n) is 9.43. The maximum Gasteiger partial charge on any atom is 0.263 e. The monoisotopic (exact) mass is 901 g/mol. The highest BCUT2D eigenvalue weighted by molar-refractivity contribution is 7.98. The molecule has 0 bridgehead atoms. The van der Waals surface area contributed by atoms with Crippen LogP contribution in [0, 0.1) is 28.4 Å². The lowest BCUT2D eigenvalue weighted by Crippen LogP contribution is -2.47. The number of hydrogen-bond acceptors (Lipinski definition) is 12. The number of nitriles is 1. The zero-order chi connectivity index (χ0) is 44.4. The summed E-state index contributed by atoms with van der Waals surface area (Å²) in [5, 5.41) is 15.5. The molecular weight excluding hydrogens is 852 g/mol. The summed E-state index contributed by atoms with van der Waals surface area (Å²) < 4.78 is 43.0. The molecule has 18 heteroatoms. The van der Waals surface area contributed by atoms with E-state index in [9.17, 15) is 24.4 Å². The van der Waals surface area contributed by atoms with Crippen molar-refractivity contribution in [2.45, 2.75) is 82.7 Å². The topological polar surface area (TPSA) is 165 Å². The lowest BCUT2D eigenvalue weighted by Gasteiger charge is -2.40.